The van der Waals surface area contributed by atoms with Gasteiger partial charge in [0.2, 0.25) is 0 Å². The molecule has 16 heteroatoms. The Kier molecular flexibility index (Phi) is 9.53. The van der Waals surface area contributed by atoms with E-state index < -0.39 is 33.3 Å². The summed E-state index contributed by atoms with van der Waals surface area (Å²) in [5, 5.41) is 9.46. The highest BCUT2D eigenvalue weighted by Gasteiger charge is 2.38. The minimum Gasteiger partial charge on any atom is -0.444 e. The molecule has 0 aliphatic heterocycles. The maximum Gasteiger partial charge on any atom is 0.435 e. The van der Waals surface area contributed by atoms with Crippen LogP contribution < -0.4 is 10.6 Å². The van der Waals surface area contributed by atoms with Crippen molar-refractivity contribution in [1.82, 2.24) is 29.5 Å². The fourth-order valence-electron chi connectivity index (χ4n) is 4.40. The molecule has 4 rings (SSSR count). The van der Waals surface area contributed by atoms with Crippen molar-refractivity contribution in [3.8, 4) is 11.3 Å². The average molecular weight is 637 g/mol. The molecule has 0 saturated carbocycles. The monoisotopic (exact) mass is 636 g/mol. The number of nitrogens with zero attached hydrogens (tertiary/aromatic N) is 6. The van der Waals surface area contributed by atoms with E-state index in [-0.39, 0.29) is 24.5 Å². The van der Waals surface area contributed by atoms with E-state index in [9.17, 15) is 22.2 Å². The molecular formula is C28H35F3N8O4S. The smallest absolute Gasteiger partial charge is 0.435 e. The molecule has 0 aliphatic rings. The lowest BCUT2D eigenvalue weighted by molar-refractivity contribution is -0.141. The van der Waals surface area contributed by atoms with Gasteiger partial charge in [-0.15, -0.1) is 0 Å². The number of hydrogen-bond acceptors (Lipinski definition) is 9. The summed E-state index contributed by atoms with van der Waals surface area (Å²) in [6.07, 6.45) is 2.39. The Balaban J connectivity index is 1.51. The predicted molar refractivity (Wildman–Crippen MR) is 159 cm³/mol. The summed E-state index contributed by atoms with van der Waals surface area (Å²) in [5.74, 6) is 0.308. The van der Waals surface area contributed by atoms with E-state index in [1.54, 1.807) is 52.1 Å². The van der Waals surface area contributed by atoms with E-state index in [0.717, 1.165) is 10.2 Å². The molecule has 0 radical (unpaired) electrons. The standard InChI is InChI=1S/C28H35F3N8O4S/c1-18-14-19(8-9-22(18)44(6,41)35-11-7-10-33-26(40)43-27(2,3)4)36-24-25-34-15-21(39(25)13-12-32-24)20-16-38(17-42-5)37-23(20)28(29,30)31/h8-9,12-16H,7,10-11,17H2,1-6H3,(H,32,36)(H,33,40). The highest BCUT2D eigenvalue weighted by atomic mass is 32.2. The normalized spacial score (nSPS) is 13.5. The van der Waals surface area contributed by atoms with Crippen LogP contribution in [0.2, 0.25) is 0 Å². The van der Waals surface area contributed by atoms with Gasteiger partial charge in [0.05, 0.1) is 38.6 Å². The van der Waals surface area contributed by atoms with Crippen molar-refractivity contribution in [2.24, 2.45) is 4.36 Å². The van der Waals surface area contributed by atoms with Gasteiger partial charge in [-0.05, 0) is 57.9 Å². The number of benzene rings is 1. The van der Waals surface area contributed by atoms with Gasteiger partial charge in [-0.1, -0.05) is 0 Å². The van der Waals surface area contributed by atoms with E-state index in [1.165, 1.54) is 36.3 Å². The Morgan fingerprint density at radius 3 is 2.59 bits per heavy atom. The highest BCUT2D eigenvalue weighted by Crippen LogP contribution is 2.37. The summed E-state index contributed by atoms with van der Waals surface area (Å²) in [4.78, 5) is 21.0. The maximum atomic E-state index is 13.8. The lowest BCUT2D eigenvalue weighted by atomic mass is 10.2. The summed E-state index contributed by atoms with van der Waals surface area (Å²) < 4.78 is 71.8. The molecule has 3 aromatic heterocycles. The first kappa shape index (κ1) is 32.7. The van der Waals surface area contributed by atoms with Crippen LogP contribution in [-0.4, -0.2) is 66.5 Å². The summed E-state index contributed by atoms with van der Waals surface area (Å²) in [6, 6.07) is 5.21. The molecule has 4 aromatic rings. The Morgan fingerprint density at radius 1 is 1.18 bits per heavy atom. The number of ether oxygens (including phenoxy) is 2. The second kappa shape index (κ2) is 12.8. The largest absolute Gasteiger partial charge is 0.444 e. The van der Waals surface area contributed by atoms with Gasteiger partial charge in [0.25, 0.3) is 0 Å². The van der Waals surface area contributed by atoms with E-state index in [0.29, 0.717) is 35.0 Å². The maximum absolute atomic E-state index is 13.8. The first-order valence-corrected chi connectivity index (χ1v) is 15.5. The van der Waals surface area contributed by atoms with Crippen molar-refractivity contribution < 1.29 is 31.6 Å². The predicted octanol–water partition coefficient (Wildman–Crippen LogP) is 5.64. The number of anilines is 2. The molecule has 44 heavy (non-hydrogen) atoms. The number of rotatable bonds is 10. The van der Waals surface area contributed by atoms with Crippen LogP contribution in [-0.2, 0) is 32.1 Å². The van der Waals surface area contributed by atoms with Gasteiger partial charge in [0, 0.05) is 44.2 Å². The van der Waals surface area contributed by atoms with Crippen molar-refractivity contribution in [2.75, 3.05) is 31.8 Å². The number of carbonyl (C=O) groups excluding carboxylic acids is 1. The first-order valence-electron chi connectivity index (χ1n) is 13.6. The summed E-state index contributed by atoms with van der Waals surface area (Å²) in [6.45, 7) is 7.60. The molecule has 3 heterocycles. The number of alkyl carbamates (subject to hydrolysis) is 1. The number of aryl methyl sites for hydroxylation is 1. The Labute approximate surface area is 253 Å². The van der Waals surface area contributed by atoms with Crippen LogP contribution in [0.25, 0.3) is 16.9 Å². The lowest BCUT2D eigenvalue weighted by Crippen LogP contribution is -2.33. The first-order chi connectivity index (χ1) is 20.6. The van der Waals surface area contributed by atoms with E-state index in [4.69, 9.17) is 9.47 Å². The minimum absolute atomic E-state index is 0.147. The zero-order valence-electron chi connectivity index (χ0n) is 25.2. The molecule has 0 bridgehead atoms. The van der Waals surface area contributed by atoms with Crippen LogP contribution in [0.1, 0.15) is 38.4 Å². The molecule has 2 N–H and O–H groups in total. The topological polar surface area (TPSA) is 137 Å². The van der Waals surface area contributed by atoms with Crippen molar-refractivity contribution in [3.05, 3.63) is 54.2 Å². The van der Waals surface area contributed by atoms with Crippen molar-refractivity contribution in [2.45, 2.75) is 57.5 Å². The summed E-state index contributed by atoms with van der Waals surface area (Å²) >= 11 is 0. The van der Waals surface area contributed by atoms with Crippen LogP contribution in [0.4, 0.5) is 29.5 Å². The number of imidazole rings is 1. The second-order valence-corrected chi connectivity index (χ2v) is 13.3. The zero-order chi connectivity index (χ0) is 32.3. The van der Waals surface area contributed by atoms with Gasteiger partial charge < -0.3 is 20.1 Å². The van der Waals surface area contributed by atoms with E-state index in [2.05, 4.69) is 30.1 Å². The third kappa shape index (κ3) is 7.85. The number of nitrogens with one attached hydrogen (secondary N) is 2. The molecule has 0 fully saturated rings. The van der Waals surface area contributed by atoms with Crippen LogP contribution in [0.5, 0.6) is 0 Å². The van der Waals surface area contributed by atoms with Crippen molar-refractivity contribution >= 4 is 33.0 Å². The zero-order valence-corrected chi connectivity index (χ0v) is 26.0. The number of alkyl halides is 3. The number of amides is 1. The molecule has 1 unspecified atom stereocenters. The summed E-state index contributed by atoms with van der Waals surface area (Å²) in [7, 11) is -1.36. The number of carbonyl (C=O) groups is 1. The van der Waals surface area contributed by atoms with Gasteiger partial charge in [-0.25, -0.2) is 28.0 Å². The van der Waals surface area contributed by atoms with Gasteiger partial charge in [0.15, 0.2) is 17.2 Å². The molecule has 1 aromatic carbocycles. The molecular weight excluding hydrogens is 601 g/mol. The van der Waals surface area contributed by atoms with Crippen molar-refractivity contribution in [3.63, 3.8) is 0 Å². The molecule has 1 amide bonds. The average Bonchev–Trinajstić information content (AvgIpc) is 3.52. The second-order valence-electron chi connectivity index (χ2n) is 11.0. The number of methoxy groups -OCH3 is 1. The summed E-state index contributed by atoms with van der Waals surface area (Å²) in [5.41, 5.74) is 0.00585. The van der Waals surface area contributed by atoms with Crippen LogP contribution >= 0.6 is 0 Å². The Morgan fingerprint density at radius 2 is 1.93 bits per heavy atom. The fourth-order valence-corrected chi connectivity index (χ4v) is 6.00. The number of halogens is 3. The molecule has 1 atom stereocenters. The fraction of sp³-hybridized carbons (Fsp3) is 0.429. The highest BCUT2D eigenvalue weighted by molar-refractivity contribution is 7.93. The van der Waals surface area contributed by atoms with Crippen LogP contribution in [0.3, 0.4) is 0 Å². The molecule has 238 valence electrons. The number of fused-ring (bicyclic) bond motifs is 1. The van der Waals surface area contributed by atoms with E-state index in [1.807, 2.05) is 0 Å². The SMILES string of the molecule is COCn1cc(-c2cnc3c(Nc4ccc(S(C)(=O)=NCCCNC(=O)OC(C)(C)C)c(C)c4)nccn23)c(C(F)(F)F)n1. The van der Waals surface area contributed by atoms with Crippen LogP contribution in [0, 0.1) is 6.92 Å². The third-order valence-electron chi connectivity index (χ3n) is 6.18. The van der Waals surface area contributed by atoms with Gasteiger partial charge in [-0.2, -0.15) is 18.3 Å². The van der Waals surface area contributed by atoms with Gasteiger partial charge in [-0.3, -0.25) is 4.40 Å². The lowest BCUT2D eigenvalue weighted by Gasteiger charge is -2.19. The van der Waals surface area contributed by atoms with Crippen LogP contribution in [0.15, 0.2) is 52.2 Å². The quantitative estimate of drug-likeness (QED) is 0.214. The Hall–Kier alpha value is -4.18. The van der Waals surface area contributed by atoms with Crippen molar-refractivity contribution in [1.29, 1.82) is 0 Å². The number of hydrogen-bond donors (Lipinski definition) is 2. The number of aromatic nitrogens is 5. The molecule has 0 saturated heterocycles. The minimum atomic E-state index is -4.69. The van der Waals surface area contributed by atoms with Gasteiger partial charge >= 0.3 is 12.3 Å². The van der Waals surface area contributed by atoms with E-state index >= 15 is 0 Å². The molecule has 0 spiro atoms. The Bertz CT molecular complexity index is 1770. The van der Waals surface area contributed by atoms with Gasteiger partial charge in [0.1, 0.15) is 12.3 Å². The molecule has 0 aliphatic carbocycles. The molecule has 12 nitrogen and oxygen atoms in total. The third-order valence-corrected chi connectivity index (χ3v) is 8.13.